The average molecular weight is 354 g/mol. The Morgan fingerprint density at radius 1 is 1.15 bits per heavy atom. The molecule has 1 aliphatic carbocycles. The van der Waals surface area contributed by atoms with E-state index in [1.807, 2.05) is 12.1 Å². The molecule has 0 aromatic heterocycles. The molecule has 2 aliphatic rings. The molecule has 2 atom stereocenters. The maximum Gasteiger partial charge on any atom is 0.309 e. The van der Waals surface area contributed by atoms with Gasteiger partial charge in [-0.25, -0.2) is 0 Å². The van der Waals surface area contributed by atoms with Crippen molar-refractivity contribution in [2.45, 2.75) is 65.6 Å². The average Bonchev–Trinajstić information content (AvgIpc) is 2.51. The first-order valence-corrected chi connectivity index (χ1v) is 9.51. The summed E-state index contributed by atoms with van der Waals surface area (Å²) < 4.78 is 5.39. The Bertz CT molecular complexity index is 725. The molecule has 26 heavy (non-hydrogen) atoms. The quantitative estimate of drug-likeness (QED) is 0.785. The van der Waals surface area contributed by atoms with Gasteiger partial charge in [-0.1, -0.05) is 64.1 Å². The minimum absolute atomic E-state index is 0.0285. The van der Waals surface area contributed by atoms with Gasteiger partial charge in [-0.15, -0.1) is 0 Å². The van der Waals surface area contributed by atoms with Crippen LogP contribution in [0.5, 0.6) is 0 Å². The molecule has 3 nitrogen and oxygen atoms in total. The van der Waals surface area contributed by atoms with Crippen LogP contribution in [0, 0.1) is 10.8 Å². The second-order valence-corrected chi connectivity index (χ2v) is 9.14. The molecule has 1 aliphatic heterocycles. The van der Waals surface area contributed by atoms with E-state index in [9.17, 15) is 9.90 Å². The molecule has 1 aromatic carbocycles. The van der Waals surface area contributed by atoms with Crippen LogP contribution in [0.3, 0.4) is 0 Å². The predicted molar refractivity (Wildman–Crippen MR) is 104 cm³/mol. The van der Waals surface area contributed by atoms with Crippen molar-refractivity contribution in [2.24, 2.45) is 10.8 Å². The Kier molecular flexibility index (Phi) is 5.12. The van der Waals surface area contributed by atoms with E-state index < -0.39 is 6.10 Å². The molecule has 1 aromatic rings. The van der Waals surface area contributed by atoms with Gasteiger partial charge in [0, 0.05) is 6.42 Å². The minimum atomic E-state index is -0.605. The maximum absolute atomic E-state index is 11.6. The molecule has 140 valence electrons. The number of allylic oxidation sites excluding steroid dienone is 3. The number of aliphatic hydroxyl groups excluding tert-OH is 1. The molecule has 1 N–H and O–H groups in total. The molecular weight excluding hydrogens is 324 g/mol. The van der Waals surface area contributed by atoms with Gasteiger partial charge in [0.05, 0.1) is 12.5 Å². The number of hydrogen-bond acceptors (Lipinski definition) is 3. The number of aliphatic hydroxyl groups is 1. The molecular formula is C23H30O3. The molecule has 3 heteroatoms. The van der Waals surface area contributed by atoms with E-state index in [0.29, 0.717) is 6.42 Å². The number of ether oxygens (including phenoxy) is 1. The van der Waals surface area contributed by atoms with Gasteiger partial charge < -0.3 is 9.84 Å². The van der Waals surface area contributed by atoms with Gasteiger partial charge in [-0.05, 0) is 46.5 Å². The first-order chi connectivity index (χ1) is 12.2. The third kappa shape index (κ3) is 4.27. The van der Waals surface area contributed by atoms with E-state index in [1.165, 1.54) is 16.7 Å². The molecule has 0 radical (unpaired) electrons. The van der Waals surface area contributed by atoms with Gasteiger partial charge in [0.25, 0.3) is 0 Å². The number of hydrogen-bond donors (Lipinski definition) is 1. The lowest BCUT2D eigenvalue weighted by Crippen LogP contribution is -2.32. The Morgan fingerprint density at radius 2 is 1.85 bits per heavy atom. The summed E-state index contributed by atoms with van der Waals surface area (Å²) in [6.07, 6.45) is 5.83. The van der Waals surface area contributed by atoms with Crippen LogP contribution in [-0.2, 0) is 9.53 Å². The largest absolute Gasteiger partial charge is 0.458 e. The smallest absolute Gasteiger partial charge is 0.309 e. The monoisotopic (exact) mass is 354 g/mol. The summed E-state index contributed by atoms with van der Waals surface area (Å²) >= 11 is 0. The molecule has 0 saturated carbocycles. The minimum Gasteiger partial charge on any atom is -0.458 e. The summed E-state index contributed by atoms with van der Waals surface area (Å²) in [6.45, 7) is 9.24. The Balaban J connectivity index is 1.99. The highest BCUT2D eigenvalue weighted by atomic mass is 16.5. The number of cyclic esters (lactones) is 1. The summed E-state index contributed by atoms with van der Waals surface area (Å²) in [4.78, 5) is 11.6. The number of carbonyl (C=O) groups excluding carboxylic acids is 1. The van der Waals surface area contributed by atoms with E-state index in [1.54, 1.807) is 0 Å². The lowest BCUT2D eigenvalue weighted by atomic mass is 9.61. The van der Waals surface area contributed by atoms with E-state index in [4.69, 9.17) is 4.74 Å². The normalized spacial score (nSPS) is 28.3. The van der Waals surface area contributed by atoms with Crippen LogP contribution in [0.2, 0.25) is 0 Å². The van der Waals surface area contributed by atoms with Crippen LogP contribution >= 0.6 is 0 Å². The number of carbonyl (C=O) groups is 1. The highest BCUT2D eigenvalue weighted by molar-refractivity contribution is 5.74. The van der Waals surface area contributed by atoms with Crippen molar-refractivity contribution in [1.29, 1.82) is 0 Å². The zero-order chi connectivity index (χ0) is 18.9. The van der Waals surface area contributed by atoms with Crippen LogP contribution in [0.4, 0.5) is 0 Å². The highest BCUT2D eigenvalue weighted by Crippen LogP contribution is 2.52. The third-order valence-electron chi connectivity index (χ3n) is 5.42. The molecule has 3 rings (SSSR count). The Hall–Kier alpha value is -1.87. The molecule has 0 spiro atoms. The fourth-order valence-corrected chi connectivity index (χ4v) is 4.69. The summed E-state index contributed by atoms with van der Waals surface area (Å²) in [5.41, 5.74) is 4.19. The van der Waals surface area contributed by atoms with Crippen LogP contribution < -0.4 is 0 Å². The fraction of sp³-hybridized carbons (Fsp3) is 0.522. The second kappa shape index (κ2) is 7.03. The van der Waals surface area contributed by atoms with Crippen molar-refractivity contribution in [1.82, 2.24) is 0 Å². The van der Waals surface area contributed by atoms with Crippen LogP contribution in [0.15, 0.2) is 48.1 Å². The topological polar surface area (TPSA) is 46.5 Å². The van der Waals surface area contributed by atoms with Gasteiger partial charge in [-0.3, -0.25) is 4.79 Å². The molecule has 1 saturated heterocycles. The van der Waals surface area contributed by atoms with Gasteiger partial charge in [-0.2, -0.15) is 0 Å². The number of esters is 1. The van der Waals surface area contributed by atoms with Gasteiger partial charge >= 0.3 is 5.97 Å². The first-order valence-electron chi connectivity index (χ1n) is 9.51. The van der Waals surface area contributed by atoms with Crippen LogP contribution in [0.1, 0.15) is 58.9 Å². The van der Waals surface area contributed by atoms with Crippen molar-refractivity contribution < 1.29 is 14.6 Å². The van der Waals surface area contributed by atoms with Crippen molar-refractivity contribution in [3.63, 3.8) is 0 Å². The van der Waals surface area contributed by atoms with Gasteiger partial charge in [0.2, 0.25) is 0 Å². The van der Waals surface area contributed by atoms with E-state index in [-0.39, 0.29) is 29.3 Å². The lowest BCUT2D eigenvalue weighted by molar-refractivity contribution is -0.156. The lowest BCUT2D eigenvalue weighted by Gasteiger charge is -2.43. The van der Waals surface area contributed by atoms with Crippen LogP contribution in [0.25, 0.3) is 5.57 Å². The molecule has 0 amide bonds. The molecule has 0 unspecified atom stereocenters. The van der Waals surface area contributed by atoms with Crippen LogP contribution in [-0.4, -0.2) is 23.3 Å². The number of rotatable bonds is 3. The number of benzene rings is 1. The SMILES string of the molecule is CC1(C)CC(c2ccccc2)=C(C=C[C@H]2C[C@H](O)CC(=O)O2)C(C)(C)C1. The molecule has 1 fully saturated rings. The summed E-state index contributed by atoms with van der Waals surface area (Å²) in [5.74, 6) is -0.320. The van der Waals surface area contributed by atoms with Gasteiger partial charge in [0.15, 0.2) is 0 Å². The van der Waals surface area contributed by atoms with Crippen molar-refractivity contribution in [3.8, 4) is 0 Å². The summed E-state index contributed by atoms with van der Waals surface area (Å²) in [7, 11) is 0. The van der Waals surface area contributed by atoms with Crippen molar-refractivity contribution in [3.05, 3.63) is 53.6 Å². The van der Waals surface area contributed by atoms with E-state index in [0.717, 1.165) is 12.8 Å². The predicted octanol–water partition coefficient (Wildman–Crippen LogP) is 4.91. The standard InChI is InChI=1S/C23H30O3/c1-22(2)14-19(16-8-6-5-7-9-16)20(23(3,4)15-22)11-10-18-12-17(24)13-21(25)26-18/h5-11,17-18,24H,12-15H2,1-4H3/t17-,18-/m0/s1. The Labute approximate surface area is 156 Å². The van der Waals surface area contributed by atoms with Crippen molar-refractivity contribution in [2.75, 3.05) is 0 Å². The van der Waals surface area contributed by atoms with Crippen molar-refractivity contribution >= 4 is 11.5 Å². The third-order valence-corrected chi connectivity index (χ3v) is 5.42. The molecule has 1 heterocycles. The molecule has 0 bridgehead atoms. The zero-order valence-corrected chi connectivity index (χ0v) is 16.3. The highest BCUT2D eigenvalue weighted by Gasteiger charge is 2.38. The summed E-state index contributed by atoms with van der Waals surface area (Å²) in [6, 6.07) is 10.5. The Morgan fingerprint density at radius 3 is 2.50 bits per heavy atom. The maximum atomic E-state index is 11.6. The fourth-order valence-electron chi connectivity index (χ4n) is 4.69. The van der Waals surface area contributed by atoms with E-state index in [2.05, 4.69) is 58.0 Å². The summed E-state index contributed by atoms with van der Waals surface area (Å²) in [5, 5.41) is 9.84. The zero-order valence-electron chi connectivity index (χ0n) is 16.3. The van der Waals surface area contributed by atoms with Gasteiger partial charge in [0.1, 0.15) is 6.10 Å². The van der Waals surface area contributed by atoms with E-state index >= 15 is 0 Å². The second-order valence-electron chi connectivity index (χ2n) is 9.14. The first kappa shape index (κ1) is 18.9.